The van der Waals surface area contributed by atoms with E-state index in [1.807, 2.05) is 42.5 Å². The first-order valence-corrected chi connectivity index (χ1v) is 12.1. The molecule has 3 aromatic rings. The number of alkyl halides is 1. The third-order valence-corrected chi connectivity index (χ3v) is 7.75. The van der Waals surface area contributed by atoms with Gasteiger partial charge in [0, 0.05) is 18.5 Å². The second-order valence-corrected chi connectivity index (χ2v) is 10.1. The Hall–Kier alpha value is -2.30. The predicted octanol–water partition coefficient (Wildman–Crippen LogP) is 3.46. The largest absolute Gasteiger partial charge is 0.354 e. The molecule has 152 valence electrons. The van der Waals surface area contributed by atoms with Gasteiger partial charge in [-0.25, -0.2) is 13.4 Å². The number of nitriles is 1. The molecule has 2 aromatic heterocycles. The zero-order valence-electron chi connectivity index (χ0n) is 16.5. The minimum Gasteiger partial charge on any atom is -0.354 e. The fourth-order valence-corrected chi connectivity index (χ4v) is 6.38. The van der Waals surface area contributed by atoms with Crippen LogP contribution >= 0.6 is 11.6 Å². The molecule has 1 fully saturated rings. The van der Waals surface area contributed by atoms with E-state index in [0.717, 1.165) is 28.0 Å². The number of rotatable bonds is 5. The Labute approximate surface area is 175 Å². The topological polar surface area (TPSA) is 78.5 Å². The summed E-state index contributed by atoms with van der Waals surface area (Å²) in [5.41, 5.74) is 4.72. The van der Waals surface area contributed by atoms with Gasteiger partial charge < -0.3 is 4.90 Å². The number of hydrogen-bond acceptors (Lipinski definition) is 5. The smallest absolute Gasteiger partial charge is 0.157 e. The van der Waals surface area contributed by atoms with Crippen molar-refractivity contribution in [2.75, 3.05) is 28.8 Å². The summed E-state index contributed by atoms with van der Waals surface area (Å²) >= 11 is 6.15. The Morgan fingerprint density at radius 2 is 2.14 bits per heavy atom. The van der Waals surface area contributed by atoms with E-state index in [-0.39, 0.29) is 17.5 Å². The Kier molecular flexibility index (Phi) is 5.18. The van der Waals surface area contributed by atoms with Gasteiger partial charge in [-0.15, -0.1) is 11.6 Å². The first-order chi connectivity index (χ1) is 13.9. The van der Waals surface area contributed by atoms with Crippen LogP contribution in [0, 0.1) is 18.3 Å². The maximum absolute atomic E-state index is 12.2. The Morgan fingerprint density at radius 1 is 1.38 bits per heavy atom. The van der Waals surface area contributed by atoms with Gasteiger partial charge >= 0.3 is 0 Å². The second kappa shape index (κ2) is 7.51. The zero-order chi connectivity index (χ0) is 20.8. The quantitative estimate of drug-likeness (QED) is 0.579. The molecule has 1 saturated heterocycles. The summed E-state index contributed by atoms with van der Waals surface area (Å²) in [5.74, 6) is 1.68. The first-order valence-electron chi connectivity index (χ1n) is 9.77. The maximum Gasteiger partial charge on any atom is 0.157 e. The highest BCUT2D eigenvalue weighted by Gasteiger charge is 2.34. The number of pyridine rings is 1. The lowest BCUT2D eigenvalue weighted by atomic mass is 10.0. The molecular formula is C21H23ClN4O2S. The Bertz CT molecular complexity index is 1240. The molecule has 6 nitrogen and oxygen atoms in total. The molecule has 0 saturated carbocycles. The molecular weight excluding hydrogens is 408 g/mol. The van der Waals surface area contributed by atoms with Gasteiger partial charge in [-0.1, -0.05) is 12.1 Å². The summed E-state index contributed by atoms with van der Waals surface area (Å²) in [4.78, 5) is 6.91. The zero-order valence-corrected chi connectivity index (χ0v) is 18.1. The highest BCUT2D eigenvalue weighted by molar-refractivity contribution is 7.91. The molecule has 0 aliphatic carbocycles. The van der Waals surface area contributed by atoms with Crippen LogP contribution in [-0.2, 0) is 16.3 Å². The van der Waals surface area contributed by atoms with Crippen molar-refractivity contribution in [3.05, 3.63) is 41.0 Å². The van der Waals surface area contributed by atoms with E-state index in [1.54, 1.807) is 0 Å². The molecule has 29 heavy (non-hydrogen) atoms. The van der Waals surface area contributed by atoms with Gasteiger partial charge in [-0.2, -0.15) is 5.26 Å². The SMILES string of the molecule is CCN(c1c(CCCl)c(C)c(C#N)c2nc3ccccc3n12)C1CCS(=O)(=O)C1. The number of para-hydroxylation sites is 2. The van der Waals surface area contributed by atoms with Crippen LogP contribution in [0.3, 0.4) is 0 Å². The fourth-order valence-electron chi connectivity index (χ4n) is 4.46. The lowest BCUT2D eigenvalue weighted by Crippen LogP contribution is -2.38. The van der Waals surface area contributed by atoms with Gasteiger partial charge in [0.2, 0.25) is 0 Å². The van der Waals surface area contributed by atoms with Crippen molar-refractivity contribution in [1.82, 2.24) is 9.38 Å². The summed E-state index contributed by atoms with van der Waals surface area (Å²) < 4.78 is 26.4. The molecule has 0 bridgehead atoms. The molecule has 0 N–H and O–H groups in total. The molecule has 0 spiro atoms. The monoisotopic (exact) mass is 430 g/mol. The molecule has 1 unspecified atom stereocenters. The van der Waals surface area contributed by atoms with E-state index in [4.69, 9.17) is 16.6 Å². The van der Waals surface area contributed by atoms with Gasteiger partial charge in [0.1, 0.15) is 11.9 Å². The third-order valence-electron chi connectivity index (χ3n) is 5.81. The van der Waals surface area contributed by atoms with Crippen LogP contribution < -0.4 is 4.90 Å². The van der Waals surface area contributed by atoms with Gasteiger partial charge in [0.25, 0.3) is 0 Å². The molecule has 0 amide bonds. The van der Waals surface area contributed by atoms with Crippen LogP contribution in [0.15, 0.2) is 24.3 Å². The molecule has 8 heteroatoms. The van der Waals surface area contributed by atoms with Gasteiger partial charge in [0.05, 0.1) is 28.1 Å². The standard InChI is InChI=1S/C21H23ClN4O2S/c1-3-25(15-9-11-29(27,28)13-15)21-16(8-10-22)14(2)17(12-23)20-24-18-6-4-5-7-19(18)26(20)21/h4-7,15H,3,8-11,13H2,1-2H3. The van der Waals surface area contributed by atoms with Crippen molar-refractivity contribution in [3.63, 3.8) is 0 Å². The van der Waals surface area contributed by atoms with Crippen molar-refractivity contribution in [2.45, 2.75) is 32.7 Å². The number of sulfone groups is 1. The van der Waals surface area contributed by atoms with Gasteiger partial charge in [-0.05, 0) is 49.9 Å². The lowest BCUT2D eigenvalue weighted by molar-refractivity contribution is 0.599. The van der Waals surface area contributed by atoms with Crippen LogP contribution in [0.2, 0.25) is 0 Å². The summed E-state index contributed by atoms with van der Waals surface area (Å²) in [5, 5.41) is 9.87. The summed E-state index contributed by atoms with van der Waals surface area (Å²) in [6.45, 7) is 4.62. The van der Waals surface area contributed by atoms with E-state index in [0.29, 0.717) is 36.5 Å². The maximum atomic E-state index is 12.2. The highest BCUT2D eigenvalue weighted by atomic mass is 35.5. The van der Waals surface area contributed by atoms with Crippen LogP contribution in [-0.4, -0.2) is 47.8 Å². The Balaban J connectivity index is 2.10. The number of hydrogen-bond donors (Lipinski definition) is 0. The highest BCUT2D eigenvalue weighted by Crippen LogP contribution is 2.36. The number of halogens is 1. The molecule has 1 aliphatic heterocycles. The Morgan fingerprint density at radius 3 is 2.76 bits per heavy atom. The molecule has 1 aliphatic rings. The molecule has 1 aromatic carbocycles. The number of anilines is 1. The number of fused-ring (bicyclic) bond motifs is 3. The minimum absolute atomic E-state index is 0.101. The van der Waals surface area contributed by atoms with Crippen LogP contribution in [0.25, 0.3) is 16.7 Å². The van der Waals surface area contributed by atoms with E-state index in [1.165, 1.54) is 0 Å². The normalized spacial score (nSPS) is 18.3. The average Bonchev–Trinajstić information content (AvgIpc) is 3.25. The minimum atomic E-state index is -3.03. The van der Waals surface area contributed by atoms with Crippen molar-refractivity contribution in [2.24, 2.45) is 0 Å². The van der Waals surface area contributed by atoms with Crippen LogP contribution in [0.4, 0.5) is 5.82 Å². The fraction of sp³-hybridized carbons (Fsp3) is 0.429. The number of nitrogens with zero attached hydrogens (tertiary/aromatic N) is 4. The van der Waals surface area contributed by atoms with Gasteiger partial charge in [-0.3, -0.25) is 4.40 Å². The van der Waals surface area contributed by atoms with E-state index < -0.39 is 9.84 Å². The average molecular weight is 431 g/mol. The first kappa shape index (κ1) is 20.0. The summed E-state index contributed by atoms with van der Waals surface area (Å²) in [6.07, 6.45) is 1.19. The van der Waals surface area contributed by atoms with Crippen molar-refractivity contribution >= 4 is 43.9 Å². The molecule has 1 atom stereocenters. The van der Waals surface area contributed by atoms with E-state index in [9.17, 15) is 13.7 Å². The summed E-state index contributed by atoms with van der Waals surface area (Å²) in [6, 6.07) is 10.0. The molecule has 3 heterocycles. The van der Waals surface area contributed by atoms with Crippen molar-refractivity contribution in [3.8, 4) is 6.07 Å². The van der Waals surface area contributed by atoms with Crippen molar-refractivity contribution < 1.29 is 8.42 Å². The number of imidazole rings is 1. The third kappa shape index (κ3) is 3.24. The van der Waals surface area contributed by atoms with Crippen molar-refractivity contribution in [1.29, 1.82) is 5.26 Å². The molecule has 4 rings (SSSR count). The van der Waals surface area contributed by atoms with E-state index >= 15 is 0 Å². The van der Waals surface area contributed by atoms with Gasteiger partial charge in [0.15, 0.2) is 15.5 Å². The van der Waals surface area contributed by atoms with Crippen LogP contribution in [0.1, 0.15) is 30.0 Å². The summed E-state index contributed by atoms with van der Waals surface area (Å²) in [7, 11) is -3.03. The molecule has 0 radical (unpaired) electrons. The second-order valence-electron chi connectivity index (χ2n) is 7.46. The van der Waals surface area contributed by atoms with Crippen LogP contribution in [0.5, 0.6) is 0 Å². The lowest BCUT2D eigenvalue weighted by Gasteiger charge is -2.33. The van der Waals surface area contributed by atoms with E-state index in [2.05, 4.69) is 11.0 Å². The number of benzene rings is 1. The number of aromatic nitrogens is 2. The predicted molar refractivity (Wildman–Crippen MR) is 117 cm³/mol.